The van der Waals surface area contributed by atoms with Crippen molar-refractivity contribution < 1.29 is 22.7 Å². The van der Waals surface area contributed by atoms with Gasteiger partial charge in [-0.1, -0.05) is 56.6 Å². The Balaban J connectivity index is 1.56. The van der Waals surface area contributed by atoms with E-state index >= 15 is 0 Å². The number of nitrogens with one attached hydrogen (secondary N) is 1. The van der Waals surface area contributed by atoms with Crippen LogP contribution in [0.5, 0.6) is 11.5 Å². The lowest BCUT2D eigenvalue weighted by molar-refractivity contribution is 0.0947. The summed E-state index contributed by atoms with van der Waals surface area (Å²) in [5, 5.41) is 3.15. The molecule has 1 amide bonds. The van der Waals surface area contributed by atoms with Crippen molar-refractivity contribution in [3.05, 3.63) is 88.4 Å². The van der Waals surface area contributed by atoms with Gasteiger partial charge < -0.3 is 14.8 Å². The van der Waals surface area contributed by atoms with Crippen LogP contribution in [-0.2, 0) is 22.0 Å². The molecule has 0 saturated carbocycles. The highest BCUT2D eigenvalue weighted by atomic mass is 35.5. The number of ether oxygens (including phenoxy) is 2. The number of anilines is 1. The second kappa shape index (κ2) is 11.9. The number of halogens is 1. The van der Waals surface area contributed by atoms with Gasteiger partial charge in [0.05, 0.1) is 37.2 Å². The Morgan fingerprint density at radius 1 is 1.00 bits per heavy atom. The summed E-state index contributed by atoms with van der Waals surface area (Å²) in [6, 6.07) is 19.5. The number of rotatable bonds is 10. The number of carbonyl (C=O) groups is 1. The van der Waals surface area contributed by atoms with Crippen molar-refractivity contribution in [2.24, 2.45) is 0 Å². The molecule has 0 atom stereocenters. The van der Waals surface area contributed by atoms with Crippen molar-refractivity contribution in [2.45, 2.75) is 32.7 Å². The lowest BCUT2D eigenvalue weighted by Crippen LogP contribution is -2.29. The van der Waals surface area contributed by atoms with Crippen LogP contribution in [0.3, 0.4) is 0 Å². The van der Waals surface area contributed by atoms with Gasteiger partial charge in [0.1, 0.15) is 18.1 Å². The molecule has 3 aromatic carbocycles. The summed E-state index contributed by atoms with van der Waals surface area (Å²) in [7, 11) is -2.09. The van der Waals surface area contributed by atoms with Crippen molar-refractivity contribution in [1.82, 2.24) is 5.32 Å². The summed E-state index contributed by atoms with van der Waals surface area (Å²) >= 11 is 6.19. The summed E-state index contributed by atoms with van der Waals surface area (Å²) in [6.45, 7) is 7.25. The molecule has 0 aromatic heterocycles. The van der Waals surface area contributed by atoms with Crippen LogP contribution in [0.1, 0.15) is 42.3 Å². The van der Waals surface area contributed by atoms with E-state index in [1.165, 1.54) is 17.0 Å². The molecule has 3 rings (SSSR count). The minimum Gasteiger partial charge on any atom is -0.495 e. The first kappa shape index (κ1) is 28.3. The first-order valence-electron chi connectivity index (χ1n) is 11.8. The number of hydrogen-bond donors (Lipinski definition) is 1. The molecule has 7 nitrogen and oxygen atoms in total. The molecule has 0 heterocycles. The van der Waals surface area contributed by atoms with Crippen molar-refractivity contribution in [3.8, 4) is 11.5 Å². The normalized spacial score (nSPS) is 11.6. The fourth-order valence-electron chi connectivity index (χ4n) is 3.62. The highest BCUT2D eigenvalue weighted by Crippen LogP contribution is 2.31. The summed E-state index contributed by atoms with van der Waals surface area (Å²) < 4.78 is 37.0. The topological polar surface area (TPSA) is 84.9 Å². The zero-order chi connectivity index (χ0) is 27.2. The number of hydrogen-bond acceptors (Lipinski definition) is 5. The summed E-state index contributed by atoms with van der Waals surface area (Å²) in [6.07, 6.45) is 1.13. The minimum atomic E-state index is -3.59. The lowest BCUT2D eigenvalue weighted by Gasteiger charge is -2.23. The molecule has 0 unspecified atom stereocenters. The smallest absolute Gasteiger partial charge is 0.251 e. The quantitative estimate of drug-likeness (QED) is 0.344. The third-order valence-corrected chi connectivity index (χ3v) is 7.18. The average Bonchev–Trinajstić information content (AvgIpc) is 2.84. The van der Waals surface area contributed by atoms with Crippen LogP contribution in [-0.4, -0.2) is 40.8 Å². The van der Waals surface area contributed by atoms with Gasteiger partial charge >= 0.3 is 0 Å². The molecule has 37 heavy (non-hydrogen) atoms. The van der Waals surface area contributed by atoms with E-state index in [2.05, 4.69) is 26.1 Å². The van der Waals surface area contributed by atoms with Gasteiger partial charge in [0.2, 0.25) is 10.0 Å². The first-order chi connectivity index (χ1) is 17.4. The Bertz CT molecular complexity index is 1320. The molecule has 0 spiro atoms. The maximum atomic E-state index is 12.5. The van der Waals surface area contributed by atoms with E-state index in [1.54, 1.807) is 42.5 Å². The largest absolute Gasteiger partial charge is 0.495 e. The Kier molecular flexibility index (Phi) is 9.10. The van der Waals surface area contributed by atoms with Crippen LogP contribution in [0.25, 0.3) is 0 Å². The second-order valence-corrected chi connectivity index (χ2v) is 12.0. The van der Waals surface area contributed by atoms with Crippen LogP contribution in [0.4, 0.5) is 5.69 Å². The van der Waals surface area contributed by atoms with Gasteiger partial charge in [-0.15, -0.1) is 0 Å². The number of carbonyl (C=O) groups excluding carboxylic acids is 1. The van der Waals surface area contributed by atoms with Crippen LogP contribution >= 0.6 is 11.6 Å². The van der Waals surface area contributed by atoms with Gasteiger partial charge in [0, 0.05) is 5.56 Å². The molecule has 0 radical (unpaired) electrons. The van der Waals surface area contributed by atoms with E-state index in [0.29, 0.717) is 35.2 Å². The third-order valence-electron chi connectivity index (χ3n) is 5.74. The molecule has 0 saturated heterocycles. The van der Waals surface area contributed by atoms with Crippen LogP contribution < -0.4 is 19.1 Å². The molecule has 0 aliphatic rings. The number of nitrogens with zero attached hydrogens (tertiary/aromatic N) is 1. The summed E-state index contributed by atoms with van der Waals surface area (Å²) in [5.41, 5.74) is 2.91. The Hall–Kier alpha value is -3.23. The zero-order valence-electron chi connectivity index (χ0n) is 21.7. The van der Waals surface area contributed by atoms with Crippen LogP contribution in [0, 0.1) is 0 Å². The zero-order valence-corrected chi connectivity index (χ0v) is 23.3. The second-order valence-electron chi connectivity index (χ2n) is 9.66. The van der Waals surface area contributed by atoms with Gasteiger partial charge in [0.25, 0.3) is 5.91 Å². The highest BCUT2D eigenvalue weighted by molar-refractivity contribution is 7.92. The maximum Gasteiger partial charge on any atom is 0.251 e. The fourth-order valence-corrected chi connectivity index (χ4v) is 4.76. The standard InChI is InChI=1S/C28H33ClN2O5S/c1-28(2,3)22-10-13-24(14-11-22)36-17-16-30-27(32)21-8-6-20(7-9-21)19-31(37(5,33)34)23-12-15-26(35-4)25(29)18-23/h6-15,18H,16-17,19H2,1-5H3,(H,30,32). The van der Waals surface area contributed by atoms with E-state index in [4.69, 9.17) is 21.1 Å². The lowest BCUT2D eigenvalue weighted by atomic mass is 9.87. The molecular weight excluding hydrogens is 512 g/mol. The number of benzene rings is 3. The van der Waals surface area contributed by atoms with Gasteiger partial charge in [-0.05, 0) is 59.0 Å². The van der Waals surface area contributed by atoms with E-state index in [0.717, 1.165) is 17.6 Å². The van der Waals surface area contributed by atoms with E-state index < -0.39 is 10.0 Å². The number of amides is 1. The Labute approximate surface area is 224 Å². The van der Waals surface area contributed by atoms with Crippen molar-refractivity contribution >= 4 is 33.2 Å². The van der Waals surface area contributed by atoms with Gasteiger partial charge in [0.15, 0.2) is 0 Å². The van der Waals surface area contributed by atoms with E-state index in [9.17, 15) is 13.2 Å². The fraction of sp³-hybridized carbons (Fsp3) is 0.321. The Morgan fingerprint density at radius 3 is 2.19 bits per heavy atom. The minimum absolute atomic E-state index is 0.0779. The number of sulfonamides is 1. The maximum absolute atomic E-state index is 12.5. The molecule has 9 heteroatoms. The van der Waals surface area contributed by atoms with Crippen LogP contribution in [0.15, 0.2) is 66.7 Å². The predicted molar refractivity (Wildman–Crippen MR) is 148 cm³/mol. The third kappa shape index (κ3) is 7.87. The molecule has 0 aliphatic carbocycles. The van der Waals surface area contributed by atoms with Gasteiger partial charge in [-0.3, -0.25) is 9.10 Å². The predicted octanol–water partition coefficient (Wildman–Crippen LogP) is 5.42. The van der Waals surface area contributed by atoms with Gasteiger partial charge in [-0.25, -0.2) is 8.42 Å². The van der Waals surface area contributed by atoms with Crippen LogP contribution in [0.2, 0.25) is 5.02 Å². The monoisotopic (exact) mass is 544 g/mol. The molecule has 0 bridgehead atoms. The Morgan fingerprint density at radius 2 is 1.65 bits per heavy atom. The average molecular weight is 545 g/mol. The van der Waals surface area contributed by atoms with Gasteiger partial charge in [-0.2, -0.15) is 0 Å². The molecule has 3 aromatic rings. The molecule has 1 N–H and O–H groups in total. The van der Waals surface area contributed by atoms with Crippen molar-refractivity contribution in [1.29, 1.82) is 0 Å². The van der Waals surface area contributed by atoms with E-state index in [1.807, 2.05) is 24.3 Å². The van der Waals surface area contributed by atoms with Crippen molar-refractivity contribution in [3.63, 3.8) is 0 Å². The molecule has 0 fully saturated rings. The molecular formula is C28H33ClN2O5S. The number of methoxy groups -OCH3 is 1. The van der Waals surface area contributed by atoms with E-state index in [-0.39, 0.29) is 17.9 Å². The molecule has 198 valence electrons. The summed E-state index contributed by atoms with van der Waals surface area (Å²) in [4.78, 5) is 12.5. The SMILES string of the molecule is COc1ccc(N(Cc2ccc(C(=O)NCCOc3ccc(C(C)(C)C)cc3)cc2)S(C)(=O)=O)cc1Cl. The molecule has 0 aliphatic heterocycles. The highest BCUT2D eigenvalue weighted by Gasteiger charge is 2.19. The summed E-state index contributed by atoms with van der Waals surface area (Å²) in [5.74, 6) is 0.971. The van der Waals surface area contributed by atoms with Crippen molar-refractivity contribution in [2.75, 3.05) is 30.8 Å². The first-order valence-corrected chi connectivity index (χ1v) is 14.0.